The normalized spacial score (nSPS) is 22.6. The summed E-state index contributed by atoms with van der Waals surface area (Å²) in [5.74, 6) is 1.25. The molecule has 1 saturated carbocycles. The first-order chi connectivity index (χ1) is 9.56. The largest absolute Gasteiger partial charge is 0.359 e. The maximum Gasteiger partial charge on any atom is 0.171 e. The first kappa shape index (κ1) is 15.3. The fourth-order valence-electron chi connectivity index (χ4n) is 2.84. The minimum Gasteiger partial charge on any atom is -0.359 e. The van der Waals surface area contributed by atoms with Crippen molar-refractivity contribution in [2.24, 2.45) is 5.92 Å². The van der Waals surface area contributed by atoms with E-state index in [0.717, 1.165) is 10.8 Å². The van der Waals surface area contributed by atoms with Gasteiger partial charge in [0.2, 0.25) is 0 Å². The second-order valence-corrected chi connectivity index (χ2v) is 6.66. The third kappa shape index (κ3) is 4.20. The predicted octanol–water partition coefficient (Wildman–Crippen LogP) is 4.68. The third-order valence-electron chi connectivity index (χ3n) is 4.24. The summed E-state index contributed by atoms with van der Waals surface area (Å²) in [6, 6.07) is 9.03. The number of hydrogen-bond donors (Lipinski definition) is 2. The van der Waals surface area contributed by atoms with E-state index in [9.17, 15) is 0 Å². The van der Waals surface area contributed by atoms with Crippen molar-refractivity contribution >= 4 is 23.0 Å². The summed E-state index contributed by atoms with van der Waals surface area (Å²) < 4.78 is 0. The number of thiocarbonyl (C=S) groups is 1. The molecule has 0 saturated heterocycles. The van der Waals surface area contributed by atoms with Crippen LogP contribution < -0.4 is 10.6 Å². The maximum atomic E-state index is 5.46. The summed E-state index contributed by atoms with van der Waals surface area (Å²) in [7, 11) is 0. The van der Waals surface area contributed by atoms with Gasteiger partial charge in [0.15, 0.2) is 5.11 Å². The molecule has 1 aromatic rings. The SMILES string of the molecule is CC(C)c1cccc(NC(=S)N[C@@H]2CCCC[C@H]2C)c1. The number of hydrogen-bond acceptors (Lipinski definition) is 1. The van der Waals surface area contributed by atoms with Gasteiger partial charge in [-0.15, -0.1) is 0 Å². The van der Waals surface area contributed by atoms with Crippen molar-refractivity contribution in [3.05, 3.63) is 29.8 Å². The average molecular weight is 290 g/mol. The topological polar surface area (TPSA) is 24.1 Å². The third-order valence-corrected chi connectivity index (χ3v) is 4.46. The van der Waals surface area contributed by atoms with Gasteiger partial charge in [-0.1, -0.05) is 45.7 Å². The highest BCUT2D eigenvalue weighted by atomic mass is 32.1. The van der Waals surface area contributed by atoms with Crippen molar-refractivity contribution in [1.29, 1.82) is 0 Å². The first-order valence-corrected chi connectivity index (χ1v) is 8.14. The molecule has 0 bridgehead atoms. The van der Waals surface area contributed by atoms with Crippen molar-refractivity contribution in [3.8, 4) is 0 Å². The Morgan fingerprint density at radius 2 is 2.00 bits per heavy atom. The molecule has 2 atom stereocenters. The lowest BCUT2D eigenvalue weighted by Crippen LogP contribution is -2.43. The Morgan fingerprint density at radius 1 is 1.25 bits per heavy atom. The molecule has 2 N–H and O–H groups in total. The van der Waals surface area contributed by atoms with Crippen LogP contribution in [0.2, 0.25) is 0 Å². The molecule has 1 aromatic carbocycles. The van der Waals surface area contributed by atoms with E-state index in [0.29, 0.717) is 17.9 Å². The summed E-state index contributed by atoms with van der Waals surface area (Å²) in [6.45, 7) is 6.73. The van der Waals surface area contributed by atoms with Crippen molar-refractivity contribution < 1.29 is 0 Å². The number of rotatable bonds is 3. The lowest BCUT2D eigenvalue weighted by Gasteiger charge is -2.30. The monoisotopic (exact) mass is 290 g/mol. The molecule has 2 rings (SSSR count). The average Bonchev–Trinajstić information content (AvgIpc) is 2.41. The van der Waals surface area contributed by atoms with Crippen LogP contribution in [0.4, 0.5) is 5.69 Å². The molecule has 0 amide bonds. The summed E-state index contributed by atoms with van der Waals surface area (Å²) in [5.41, 5.74) is 2.42. The fraction of sp³-hybridized carbons (Fsp3) is 0.588. The highest BCUT2D eigenvalue weighted by molar-refractivity contribution is 7.80. The number of benzene rings is 1. The molecule has 0 unspecified atom stereocenters. The van der Waals surface area contributed by atoms with Crippen LogP contribution in [0.3, 0.4) is 0 Å². The molecular formula is C17H26N2S. The molecule has 1 fully saturated rings. The lowest BCUT2D eigenvalue weighted by atomic mass is 9.86. The van der Waals surface area contributed by atoms with Gasteiger partial charge < -0.3 is 10.6 Å². The van der Waals surface area contributed by atoms with E-state index in [1.165, 1.54) is 31.2 Å². The van der Waals surface area contributed by atoms with E-state index in [2.05, 4.69) is 55.7 Å². The molecule has 0 radical (unpaired) electrons. The van der Waals surface area contributed by atoms with Gasteiger partial charge in [0.1, 0.15) is 0 Å². The van der Waals surface area contributed by atoms with Crippen LogP contribution in [-0.4, -0.2) is 11.2 Å². The van der Waals surface area contributed by atoms with Crippen molar-refractivity contribution in [2.75, 3.05) is 5.32 Å². The molecule has 0 aromatic heterocycles. The van der Waals surface area contributed by atoms with Crippen LogP contribution in [0, 0.1) is 5.92 Å². The van der Waals surface area contributed by atoms with E-state index in [1.54, 1.807) is 0 Å². The maximum absolute atomic E-state index is 5.46. The van der Waals surface area contributed by atoms with Gasteiger partial charge in [-0.2, -0.15) is 0 Å². The van der Waals surface area contributed by atoms with Crippen molar-refractivity contribution in [3.63, 3.8) is 0 Å². The standard InChI is InChI=1S/C17H26N2S/c1-12(2)14-8-6-9-15(11-14)18-17(20)19-16-10-5-4-7-13(16)3/h6,8-9,11-13,16H,4-5,7,10H2,1-3H3,(H2,18,19,20)/t13-,16-/m1/s1. The van der Waals surface area contributed by atoms with Gasteiger partial charge in [0.25, 0.3) is 0 Å². The first-order valence-electron chi connectivity index (χ1n) is 7.73. The quantitative estimate of drug-likeness (QED) is 0.791. The summed E-state index contributed by atoms with van der Waals surface area (Å²) in [5, 5.41) is 7.57. The Bertz CT molecular complexity index is 456. The fourth-order valence-corrected chi connectivity index (χ4v) is 3.11. The molecule has 3 heteroatoms. The van der Waals surface area contributed by atoms with Gasteiger partial charge in [0, 0.05) is 11.7 Å². The van der Waals surface area contributed by atoms with Crippen LogP contribution in [0.5, 0.6) is 0 Å². The van der Waals surface area contributed by atoms with E-state index in [1.807, 2.05) is 0 Å². The highest BCUT2D eigenvalue weighted by Gasteiger charge is 2.21. The van der Waals surface area contributed by atoms with Gasteiger partial charge >= 0.3 is 0 Å². The predicted molar refractivity (Wildman–Crippen MR) is 91.3 cm³/mol. The van der Waals surface area contributed by atoms with Crippen LogP contribution >= 0.6 is 12.2 Å². The molecule has 20 heavy (non-hydrogen) atoms. The van der Waals surface area contributed by atoms with Crippen LogP contribution in [0.1, 0.15) is 57.9 Å². The van der Waals surface area contributed by atoms with Gasteiger partial charge in [-0.05, 0) is 54.6 Å². The molecular weight excluding hydrogens is 264 g/mol. The minimum absolute atomic E-state index is 0.525. The summed E-state index contributed by atoms with van der Waals surface area (Å²) in [4.78, 5) is 0. The Morgan fingerprint density at radius 3 is 2.70 bits per heavy atom. The molecule has 0 heterocycles. The van der Waals surface area contributed by atoms with E-state index >= 15 is 0 Å². The zero-order valence-corrected chi connectivity index (χ0v) is 13.6. The smallest absolute Gasteiger partial charge is 0.171 e. The van der Waals surface area contributed by atoms with Crippen LogP contribution in [0.25, 0.3) is 0 Å². The van der Waals surface area contributed by atoms with E-state index < -0.39 is 0 Å². The summed E-state index contributed by atoms with van der Waals surface area (Å²) in [6.07, 6.45) is 5.21. The van der Waals surface area contributed by atoms with E-state index in [4.69, 9.17) is 12.2 Å². The number of nitrogens with one attached hydrogen (secondary N) is 2. The minimum atomic E-state index is 0.525. The van der Waals surface area contributed by atoms with Gasteiger partial charge in [0.05, 0.1) is 0 Å². The molecule has 1 aliphatic rings. The Labute approximate surface area is 128 Å². The molecule has 0 spiro atoms. The molecule has 0 aliphatic heterocycles. The van der Waals surface area contributed by atoms with Crippen LogP contribution in [0.15, 0.2) is 24.3 Å². The second-order valence-electron chi connectivity index (χ2n) is 6.25. The summed E-state index contributed by atoms with van der Waals surface area (Å²) >= 11 is 5.46. The lowest BCUT2D eigenvalue weighted by molar-refractivity contribution is 0.309. The molecule has 110 valence electrons. The van der Waals surface area contributed by atoms with Gasteiger partial charge in [-0.25, -0.2) is 0 Å². The Kier molecular flexibility index (Phi) is 5.41. The second kappa shape index (κ2) is 7.07. The van der Waals surface area contributed by atoms with Crippen molar-refractivity contribution in [1.82, 2.24) is 5.32 Å². The molecule has 1 aliphatic carbocycles. The highest BCUT2D eigenvalue weighted by Crippen LogP contribution is 2.24. The number of anilines is 1. The zero-order chi connectivity index (χ0) is 14.5. The Hall–Kier alpha value is -1.09. The van der Waals surface area contributed by atoms with Gasteiger partial charge in [-0.3, -0.25) is 0 Å². The Balaban J connectivity index is 1.92. The molecule has 2 nitrogen and oxygen atoms in total. The van der Waals surface area contributed by atoms with Crippen LogP contribution in [-0.2, 0) is 0 Å². The van der Waals surface area contributed by atoms with E-state index in [-0.39, 0.29) is 0 Å². The van der Waals surface area contributed by atoms with Crippen molar-refractivity contribution in [2.45, 2.75) is 58.4 Å². The zero-order valence-electron chi connectivity index (χ0n) is 12.8.